The van der Waals surface area contributed by atoms with Crippen molar-refractivity contribution in [1.29, 1.82) is 0 Å². The van der Waals surface area contributed by atoms with Gasteiger partial charge in [-0.15, -0.1) is 0 Å². The summed E-state index contributed by atoms with van der Waals surface area (Å²) in [5, 5.41) is 1.45. The molecule has 0 amide bonds. The lowest BCUT2D eigenvalue weighted by atomic mass is 10.0. The van der Waals surface area contributed by atoms with Gasteiger partial charge in [0.1, 0.15) is 0 Å². The van der Waals surface area contributed by atoms with Crippen LogP contribution in [0.15, 0.2) is 90.2 Å². The summed E-state index contributed by atoms with van der Waals surface area (Å²) < 4.78 is 0. The SMILES string of the molecule is O=C(c1c[nH]c2ccccc12)[C@H](Sc1ccccn1)c1ccccc1. The number of ketones is 1. The first-order valence-electron chi connectivity index (χ1n) is 8.06. The molecule has 1 atom stereocenters. The summed E-state index contributed by atoms with van der Waals surface area (Å²) in [7, 11) is 0. The summed E-state index contributed by atoms with van der Waals surface area (Å²) >= 11 is 1.48. The molecule has 0 fully saturated rings. The Morgan fingerprint density at radius 2 is 1.68 bits per heavy atom. The van der Waals surface area contributed by atoms with Crippen molar-refractivity contribution in [3.05, 3.63) is 96.3 Å². The maximum absolute atomic E-state index is 13.4. The van der Waals surface area contributed by atoms with Crippen molar-refractivity contribution in [2.45, 2.75) is 10.3 Å². The van der Waals surface area contributed by atoms with E-state index in [9.17, 15) is 4.79 Å². The molecule has 2 aromatic heterocycles. The van der Waals surface area contributed by atoms with Crippen LogP contribution in [0.5, 0.6) is 0 Å². The van der Waals surface area contributed by atoms with E-state index in [2.05, 4.69) is 9.97 Å². The second-order valence-electron chi connectivity index (χ2n) is 5.69. The number of nitrogens with one attached hydrogen (secondary N) is 1. The van der Waals surface area contributed by atoms with Crippen LogP contribution in [0.2, 0.25) is 0 Å². The molecular weight excluding hydrogens is 328 g/mol. The van der Waals surface area contributed by atoms with E-state index in [1.54, 1.807) is 6.20 Å². The molecule has 25 heavy (non-hydrogen) atoms. The molecule has 0 spiro atoms. The molecule has 4 rings (SSSR count). The van der Waals surface area contributed by atoms with Crippen LogP contribution in [0.1, 0.15) is 21.2 Å². The molecule has 0 aliphatic rings. The first kappa shape index (κ1) is 15.7. The quantitative estimate of drug-likeness (QED) is 0.396. The fourth-order valence-electron chi connectivity index (χ4n) is 2.85. The molecule has 122 valence electrons. The predicted octanol–water partition coefficient (Wildman–Crippen LogP) is 5.28. The lowest BCUT2D eigenvalue weighted by molar-refractivity contribution is 0.0991. The van der Waals surface area contributed by atoms with Gasteiger partial charge in [-0.2, -0.15) is 0 Å². The van der Waals surface area contributed by atoms with Gasteiger partial charge in [-0.05, 0) is 23.8 Å². The minimum atomic E-state index is -0.338. The zero-order valence-electron chi connectivity index (χ0n) is 13.4. The highest BCUT2D eigenvalue weighted by Gasteiger charge is 2.25. The van der Waals surface area contributed by atoms with Crippen LogP contribution in [0.3, 0.4) is 0 Å². The lowest BCUT2D eigenvalue weighted by Crippen LogP contribution is -2.10. The van der Waals surface area contributed by atoms with Gasteiger partial charge in [0.2, 0.25) is 0 Å². The smallest absolute Gasteiger partial charge is 0.182 e. The molecule has 2 aromatic carbocycles. The number of para-hydroxylation sites is 1. The number of hydrogen-bond acceptors (Lipinski definition) is 3. The molecule has 0 bridgehead atoms. The number of aromatic nitrogens is 2. The lowest BCUT2D eigenvalue weighted by Gasteiger charge is -2.15. The number of Topliss-reactive ketones (excluding diaryl/α,β-unsaturated/α-hetero) is 1. The number of thioether (sulfide) groups is 1. The van der Waals surface area contributed by atoms with Gasteiger partial charge < -0.3 is 4.98 Å². The minimum absolute atomic E-state index is 0.0827. The molecular formula is C21H16N2OS. The Labute approximate surface area is 150 Å². The molecule has 0 radical (unpaired) electrons. The normalized spacial score (nSPS) is 12.2. The Balaban J connectivity index is 1.76. The molecule has 0 unspecified atom stereocenters. The van der Waals surface area contributed by atoms with Crippen molar-refractivity contribution in [3.63, 3.8) is 0 Å². The topological polar surface area (TPSA) is 45.8 Å². The third kappa shape index (κ3) is 3.21. The maximum atomic E-state index is 13.4. The van der Waals surface area contributed by atoms with Crippen molar-refractivity contribution in [3.8, 4) is 0 Å². The average Bonchev–Trinajstić information content (AvgIpc) is 3.11. The maximum Gasteiger partial charge on any atom is 0.182 e. The Bertz CT molecular complexity index is 996. The molecule has 0 saturated heterocycles. The zero-order chi connectivity index (χ0) is 17.1. The van der Waals surface area contributed by atoms with Gasteiger partial charge in [0, 0.05) is 28.9 Å². The predicted molar refractivity (Wildman–Crippen MR) is 102 cm³/mol. The van der Waals surface area contributed by atoms with E-state index in [4.69, 9.17) is 0 Å². The number of fused-ring (bicyclic) bond motifs is 1. The molecule has 0 aliphatic carbocycles. The number of aromatic amines is 1. The van der Waals surface area contributed by atoms with Crippen LogP contribution in [0, 0.1) is 0 Å². The Morgan fingerprint density at radius 3 is 2.48 bits per heavy atom. The monoisotopic (exact) mass is 344 g/mol. The molecule has 0 aliphatic heterocycles. The molecule has 1 N–H and O–H groups in total. The van der Waals surface area contributed by atoms with Crippen LogP contribution < -0.4 is 0 Å². The summed E-state index contributed by atoms with van der Waals surface area (Å²) in [5.41, 5.74) is 2.67. The van der Waals surface area contributed by atoms with Crippen molar-refractivity contribution in [1.82, 2.24) is 9.97 Å². The Morgan fingerprint density at radius 1 is 0.920 bits per heavy atom. The Hall–Kier alpha value is -2.85. The largest absolute Gasteiger partial charge is 0.360 e. The van der Waals surface area contributed by atoms with E-state index in [0.717, 1.165) is 21.5 Å². The first-order chi connectivity index (χ1) is 12.3. The highest BCUT2D eigenvalue weighted by Crippen LogP contribution is 2.38. The van der Waals surface area contributed by atoms with Gasteiger partial charge in [-0.25, -0.2) is 4.98 Å². The number of pyridine rings is 1. The summed E-state index contributed by atoms with van der Waals surface area (Å²) in [6.45, 7) is 0. The third-order valence-electron chi connectivity index (χ3n) is 4.07. The van der Waals surface area contributed by atoms with Gasteiger partial charge in [-0.1, -0.05) is 66.4 Å². The van der Waals surface area contributed by atoms with Gasteiger partial charge in [-0.3, -0.25) is 4.79 Å². The van der Waals surface area contributed by atoms with Gasteiger partial charge in [0.25, 0.3) is 0 Å². The highest BCUT2D eigenvalue weighted by atomic mass is 32.2. The number of carbonyl (C=O) groups is 1. The number of benzene rings is 2. The second kappa shape index (κ2) is 6.95. The van der Waals surface area contributed by atoms with E-state index < -0.39 is 0 Å². The van der Waals surface area contributed by atoms with Crippen molar-refractivity contribution in [2.75, 3.05) is 0 Å². The standard InChI is InChI=1S/C21H16N2OS/c24-20(17-14-23-18-11-5-4-10-16(17)18)21(15-8-2-1-3-9-15)25-19-12-6-7-13-22-19/h1-14,21,23H/t21-/m1/s1. The van der Waals surface area contributed by atoms with E-state index in [1.807, 2.05) is 79.0 Å². The van der Waals surface area contributed by atoms with E-state index in [-0.39, 0.29) is 11.0 Å². The van der Waals surface area contributed by atoms with Crippen LogP contribution in [-0.2, 0) is 0 Å². The number of rotatable bonds is 5. The van der Waals surface area contributed by atoms with E-state index in [1.165, 1.54) is 11.8 Å². The van der Waals surface area contributed by atoms with E-state index in [0.29, 0.717) is 5.56 Å². The van der Waals surface area contributed by atoms with Gasteiger partial charge in [0.05, 0.1) is 10.3 Å². The zero-order valence-corrected chi connectivity index (χ0v) is 14.2. The summed E-state index contributed by atoms with van der Waals surface area (Å²) in [4.78, 5) is 20.9. The molecule has 0 saturated carbocycles. The van der Waals surface area contributed by atoms with E-state index >= 15 is 0 Å². The number of nitrogens with zero attached hydrogens (tertiary/aromatic N) is 1. The van der Waals surface area contributed by atoms with Crippen LogP contribution >= 0.6 is 11.8 Å². The van der Waals surface area contributed by atoms with Crippen LogP contribution in [-0.4, -0.2) is 15.8 Å². The molecule has 2 heterocycles. The van der Waals surface area contributed by atoms with Crippen molar-refractivity contribution in [2.24, 2.45) is 0 Å². The average molecular weight is 344 g/mol. The fourth-order valence-corrected chi connectivity index (χ4v) is 3.90. The molecule has 4 aromatic rings. The fraction of sp³-hybridized carbons (Fsp3) is 0.0476. The van der Waals surface area contributed by atoms with Crippen LogP contribution in [0.25, 0.3) is 10.9 Å². The molecule has 3 nitrogen and oxygen atoms in total. The van der Waals surface area contributed by atoms with Crippen molar-refractivity contribution < 1.29 is 4.79 Å². The second-order valence-corrected chi connectivity index (χ2v) is 6.81. The number of hydrogen-bond donors (Lipinski definition) is 1. The first-order valence-corrected chi connectivity index (χ1v) is 8.94. The van der Waals surface area contributed by atoms with Crippen molar-refractivity contribution >= 4 is 28.4 Å². The van der Waals surface area contributed by atoms with Crippen LogP contribution in [0.4, 0.5) is 0 Å². The Kier molecular flexibility index (Phi) is 4.36. The summed E-state index contributed by atoms with van der Waals surface area (Å²) in [6.07, 6.45) is 3.56. The van der Waals surface area contributed by atoms with Gasteiger partial charge in [0.15, 0.2) is 5.78 Å². The highest BCUT2D eigenvalue weighted by molar-refractivity contribution is 8.00. The summed E-state index contributed by atoms with van der Waals surface area (Å²) in [6, 6.07) is 23.5. The third-order valence-corrected chi connectivity index (χ3v) is 5.28. The number of H-pyrrole nitrogens is 1. The minimum Gasteiger partial charge on any atom is -0.360 e. The molecule has 4 heteroatoms. The number of carbonyl (C=O) groups excluding carboxylic acids is 1. The van der Waals surface area contributed by atoms with Gasteiger partial charge >= 0.3 is 0 Å². The summed E-state index contributed by atoms with van der Waals surface area (Å²) in [5.74, 6) is 0.0827.